The molecule has 1 N–H and O–H groups in total. The van der Waals surface area contributed by atoms with Crippen molar-refractivity contribution in [2.75, 3.05) is 5.32 Å². The largest absolute Gasteiger partial charge is 0.365 e. The van der Waals surface area contributed by atoms with Crippen LogP contribution in [-0.4, -0.2) is 24.5 Å². The van der Waals surface area contributed by atoms with Gasteiger partial charge >= 0.3 is 0 Å². The number of aromatic nitrogens is 4. The lowest BCUT2D eigenvalue weighted by atomic mass is 10.1. The number of thiophene rings is 1. The standard InChI is InChI=1S/C26H23N5S.ClH/c1-26(2,3)29-25-24(28-23-18-27-13-16-31(23)25)22-12-11-21(32-22)10-9-19-7-6-8-20(17-19)30-14-4-5-15-30;/h4-8,11-18,29H,1-3H3;1H. The van der Waals surface area contributed by atoms with E-state index in [9.17, 15) is 0 Å². The Morgan fingerprint density at radius 1 is 0.970 bits per heavy atom. The number of nitrogens with zero attached hydrogens (tertiary/aromatic N) is 4. The average Bonchev–Trinajstić information content (AvgIpc) is 3.52. The molecule has 0 spiro atoms. The van der Waals surface area contributed by atoms with E-state index >= 15 is 0 Å². The molecule has 0 amide bonds. The van der Waals surface area contributed by atoms with Crippen LogP contribution in [0.4, 0.5) is 5.82 Å². The van der Waals surface area contributed by atoms with Crippen LogP contribution < -0.4 is 5.32 Å². The lowest BCUT2D eigenvalue weighted by Crippen LogP contribution is -2.27. The average molecular weight is 474 g/mol. The summed E-state index contributed by atoms with van der Waals surface area (Å²) in [6, 6.07) is 16.4. The van der Waals surface area contributed by atoms with Crippen molar-refractivity contribution >= 4 is 35.2 Å². The molecule has 5 nitrogen and oxygen atoms in total. The molecule has 0 saturated heterocycles. The van der Waals surface area contributed by atoms with E-state index in [0.717, 1.165) is 38.2 Å². The van der Waals surface area contributed by atoms with Crippen molar-refractivity contribution in [1.82, 2.24) is 18.9 Å². The van der Waals surface area contributed by atoms with Crippen LogP contribution in [0.15, 0.2) is 79.5 Å². The van der Waals surface area contributed by atoms with Crippen molar-refractivity contribution in [3.8, 4) is 28.1 Å². The van der Waals surface area contributed by atoms with Crippen molar-refractivity contribution in [2.45, 2.75) is 26.3 Å². The SMILES string of the molecule is CC(C)(C)Nc1c(-c2ccc(C#Cc3cccc(-n4cccc4)c3)s2)nc2cnccn12.Cl. The zero-order valence-electron chi connectivity index (χ0n) is 18.6. The highest BCUT2D eigenvalue weighted by Crippen LogP contribution is 2.34. The molecule has 0 bridgehead atoms. The topological polar surface area (TPSA) is 47.2 Å². The third kappa shape index (κ3) is 4.95. The Morgan fingerprint density at radius 2 is 1.79 bits per heavy atom. The quantitative estimate of drug-likeness (QED) is 0.314. The Morgan fingerprint density at radius 3 is 2.58 bits per heavy atom. The van der Waals surface area contributed by atoms with E-state index in [-0.39, 0.29) is 17.9 Å². The maximum Gasteiger partial charge on any atom is 0.157 e. The predicted molar refractivity (Wildman–Crippen MR) is 139 cm³/mol. The Bertz CT molecular complexity index is 1450. The molecule has 166 valence electrons. The van der Waals surface area contributed by atoms with Gasteiger partial charge in [0.25, 0.3) is 0 Å². The van der Waals surface area contributed by atoms with Crippen LogP contribution in [-0.2, 0) is 0 Å². The van der Waals surface area contributed by atoms with Gasteiger partial charge in [0.1, 0.15) is 11.5 Å². The van der Waals surface area contributed by atoms with E-state index in [4.69, 9.17) is 4.98 Å². The molecule has 0 atom stereocenters. The minimum absolute atomic E-state index is 0. The molecule has 4 heterocycles. The molecule has 0 aliphatic rings. The van der Waals surface area contributed by atoms with E-state index in [1.165, 1.54) is 0 Å². The van der Waals surface area contributed by atoms with Gasteiger partial charge in [-0.1, -0.05) is 17.9 Å². The van der Waals surface area contributed by atoms with Crippen molar-refractivity contribution in [3.63, 3.8) is 0 Å². The number of rotatable bonds is 3. The first kappa shape index (κ1) is 22.7. The monoisotopic (exact) mass is 473 g/mol. The van der Waals surface area contributed by atoms with Gasteiger partial charge in [0.2, 0.25) is 0 Å². The smallest absolute Gasteiger partial charge is 0.157 e. The molecule has 0 radical (unpaired) electrons. The summed E-state index contributed by atoms with van der Waals surface area (Å²) < 4.78 is 4.13. The number of imidazole rings is 1. The third-order valence-corrected chi connectivity index (χ3v) is 5.85. The molecular weight excluding hydrogens is 450 g/mol. The minimum Gasteiger partial charge on any atom is -0.365 e. The van der Waals surface area contributed by atoms with Crippen molar-refractivity contribution < 1.29 is 0 Å². The van der Waals surface area contributed by atoms with E-state index < -0.39 is 0 Å². The lowest BCUT2D eigenvalue weighted by Gasteiger charge is -2.22. The van der Waals surface area contributed by atoms with E-state index in [0.29, 0.717) is 0 Å². The molecule has 1 aromatic carbocycles. The van der Waals surface area contributed by atoms with E-state index in [2.05, 4.69) is 71.7 Å². The second-order valence-electron chi connectivity index (χ2n) is 8.54. The molecule has 5 rings (SSSR count). The highest BCUT2D eigenvalue weighted by Gasteiger charge is 2.20. The summed E-state index contributed by atoms with van der Waals surface area (Å²) in [6.07, 6.45) is 9.56. The summed E-state index contributed by atoms with van der Waals surface area (Å²) in [4.78, 5) is 11.1. The molecule has 0 fully saturated rings. The lowest BCUT2D eigenvalue weighted by molar-refractivity contribution is 0.629. The van der Waals surface area contributed by atoms with Gasteiger partial charge < -0.3 is 9.88 Å². The fourth-order valence-corrected chi connectivity index (χ4v) is 4.32. The number of benzene rings is 1. The van der Waals surface area contributed by atoms with Gasteiger partial charge in [-0.3, -0.25) is 9.38 Å². The Kier molecular flexibility index (Phi) is 6.28. The number of halogens is 1. The first-order valence-corrected chi connectivity index (χ1v) is 11.2. The predicted octanol–water partition coefficient (Wildman–Crippen LogP) is 6.28. The molecule has 5 aromatic rings. The van der Waals surface area contributed by atoms with E-state index in [1.54, 1.807) is 23.7 Å². The van der Waals surface area contributed by atoms with Gasteiger partial charge in [0.15, 0.2) is 5.65 Å². The normalized spacial score (nSPS) is 11.0. The van der Waals surface area contributed by atoms with E-state index in [1.807, 2.05) is 47.3 Å². The number of anilines is 1. The fraction of sp³-hybridized carbons (Fsp3) is 0.154. The van der Waals surface area contributed by atoms with Gasteiger partial charge in [-0.05, 0) is 63.2 Å². The Labute approximate surface area is 203 Å². The van der Waals surface area contributed by atoms with Crippen LogP contribution in [0.1, 0.15) is 31.2 Å². The number of hydrogen-bond donors (Lipinski definition) is 1. The molecular formula is C26H24ClN5S. The van der Waals surface area contributed by atoms with Crippen LogP contribution in [0.2, 0.25) is 0 Å². The zero-order valence-corrected chi connectivity index (χ0v) is 20.2. The summed E-state index contributed by atoms with van der Waals surface area (Å²) in [5.41, 5.74) is 3.72. The second kappa shape index (κ2) is 9.14. The molecule has 7 heteroatoms. The van der Waals surface area contributed by atoms with Gasteiger partial charge in [-0.15, -0.1) is 23.7 Å². The van der Waals surface area contributed by atoms with Crippen LogP contribution >= 0.6 is 23.7 Å². The van der Waals surface area contributed by atoms with Crippen LogP contribution in [0.5, 0.6) is 0 Å². The Hall–Kier alpha value is -3.53. The summed E-state index contributed by atoms with van der Waals surface area (Å²) in [5.74, 6) is 7.59. The highest BCUT2D eigenvalue weighted by atomic mass is 35.5. The van der Waals surface area contributed by atoms with Crippen molar-refractivity contribution in [1.29, 1.82) is 0 Å². The second-order valence-corrected chi connectivity index (χ2v) is 9.63. The van der Waals surface area contributed by atoms with Gasteiger partial charge in [-0.2, -0.15) is 0 Å². The summed E-state index contributed by atoms with van der Waals surface area (Å²) >= 11 is 1.65. The first-order valence-electron chi connectivity index (χ1n) is 10.4. The van der Waals surface area contributed by atoms with Crippen LogP contribution in [0.25, 0.3) is 21.9 Å². The highest BCUT2D eigenvalue weighted by molar-refractivity contribution is 7.16. The number of nitrogens with one attached hydrogen (secondary N) is 1. The number of fused-ring (bicyclic) bond motifs is 1. The molecule has 0 aliphatic heterocycles. The maximum absolute atomic E-state index is 4.84. The van der Waals surface area contributed by atoms with Crippen molar-refractivity contribution in [3.05, 3.63) is 90.0 Å². The minimum atomic E-state index is -0.0986. The summed E-state index contributed by atoms with van der Waals surface area (Å²) in [5, 5.41) is 3.60. The molecule has 0 saturated carbocycles. The van der Waals surface area contributed by atoms with Gasteiger partial charge in [0, 0.05) is 41.6 Å². The summed E-state index contributed by atoms with van der Waals surface area (Å²) in [7, 11) is 0. The van der Waals surface area contributed by atoms with Crippen LogP contribution in [0, 0.1) is 11.8 Å². The Balaban J connectivity index is 0.00000259. The molecule has 33 heavy (non-hydrogen) atoms. The molecule has 4 aromatic heterocycles. The van der Waals surface area contributed by atoms with Gasteiger partial charge in [-0.25, -0.2) is 4.98 Å². The first-order chi connectivity index (χ1) is 15.5. The summed E-state index contributed by atoms with van der Waals surface area (Å²) in [6.45, 7) is 6.43. The maximum atomic E-state index is 4.84. The third-order valence-electron chi connectivity index (χ3n) is 4.84. The van der Waals surface area contributed by atoms with Gasteiger partial charge in [0.05, 0.1) is 16.0 Å². The zero-order chi connectivity index (χ0) is 22.1. The fourth-order valence-electron chi connectivity index (χ4n) is 3.47. The molecule has 0 unspecified atom stereocenters. The number of hydrogen-bond acceptors (Lipinski definition) is 4. The molecule has 0 aliphatic carbocycles. The van der Waals surface area contributed by atoms with Crippen LogP contribution in [0.3, 0.4) is 0 Å². The van der Waals surface area contributed by atoms with Crippen molar-refractivity contribution in [2.24, 2.45) is 0 Å².